The first kappa shape index (κ1) is 13.6. The van der Waals surface area contributed by atoms with Crippen LogP contribution in [0.2, 0.25) is 5.02 Å². The lowest BCUT2D eigenvalue weighted by molar-refractivity contribution is -0.115. The quantitative estimate of drug-likeness (QED) is 0.776. The van der Waals surface area contributed by atoms with Crippen molar-refractivity contribution in [1.29, 1.82) is 0 Å². The van der Waals surface area contributed by atoms with Crippen molar-refractivity contribution in [1.82, 2.24) is 15.0 Å². The Morgan fingerprint density at radius 1 is 1.43 bits per heavy atom. The molecular weight excluding hydrogens is 288 g/mol. The number of nitrogens with one attached hydrogen (secondary N) is 2. The third-order valence-corrected chi connectivity index (χ3v) is 3.43. The Hall–Kier alpha value is -2.40. The number of rotatable bonds is 3. The Balaban J connectivity index is 1.99. The molecule has 3 aromatic rings. The minimum absolute atomic E-state index is 0.0677. The van der Waals surface area contributed by atoms with Gasteiger partial charge in [-0.25, -0.2) is 9.97 Å². The first-order valence-corrected chi connectivity index (χ1v) is 6.95. The zero-order valence-corrected chi connectivity index (χ0v) is 12.1. The number of halogens is 1. The normalized spacial score (nSPS) is 10.8. The molecule has 0 saturated heterocycles. The largest absolute Gasteiger partial charge is 0.345 e. The third kappa shape index (κ3) is 2.73. The summed E-state index contributed by atoms with van der Waals surface area (Å²) in [6.45, 7) is 1.80. The van der Waals surface area contributed by atoms with E-state index in [1.54, 1.807) is 25.4 Å². The number of aromatic amines is 1. The van der Waals surface area contributed by atoms with Gasteiger partial charge in [0.15, 0.2) is 0 Å². The lowest BCUT2D eigenvalue weighted by Gasteiger charge is -2.06. The van der Waals surface area contributed by atoms with Gasteiger partial charge in [-0.1, -0.05) is 24.6 Å². The second-order valence-electron chi connectivity index (χ2n) is 4.57. The van der Waals surface area contributed by atoms with E-state index in [9.17, 15) is 4.79 Å². The number of hydrogen-bond donors (Lipinski definition) is 2. The van der Waals surface area contributed by atoms with Gasteiger partial charge in [0.1, 0.15) is 11.5 Å². The van der Waals surface area contributed by atoms with Crippen molar-refractivity contribution in [3.8, 4) is 11.3 Å². The van der Waals surface area contributed by atoms with Crippen LogP contribution in [0, 0.1) is 0 Å². The number of nitrogens with zero attached hydrogens (tertiary/aromatic N) is 2. The summed E-state index contributed by atoms with van der Waals surface area (Å²) in [6.07, 6.45) is 3.84. The molecule has 3 rings (SSSR count). The van der Waals surface area contributed by atoms with E-state index >= 15 is 0 Å². The van der Waals surface area contributed by atoms with Crippen LogP contribution in [0.5, 0.6) is 0 Å². The molecule has 1 amide bonds. The van der Waals surface area contributed by atoms with E-state index in [1.807, 2.05) is 18.2 Å². The highest BCUT2D eigenvalue weighted by Gasteiger charge is 2.08. The number of fused-ring (bicyclic) bond motifs is 1. The molecule has 21 heavy (non-hydrogen) atoms. The lowest BCUT2D eigenvalue weighted by Crippen LogP contribution is -2.10. The van der Waals surface area contributed by atoms with Crippen molar-refractivity contribution >= 4 is 34.4 Å². The van der Waals surface area contributed by atoms with Crippen LogP contribution in [0.1, 0.15) is 13.3 Å². The maximum Gasteiger partial charge on any atom is 0.225 e. The van der Waals surface area contributed by atoms with Gasteiger partial charge in [0, 0.05) is 29.8 Å². The molecule has 0 saturated carbocycles. The molecule has 0 unspecified atom stereocenters. The van der Waals surface area contributed by atoms with Gasteiger partial charge in [-0.05, 0) is 18.2 Å². The molecule has 0 aliphatic carbocycles. The smallest absolute Gasteiger partial charge is 0.225 e. The fraction of sp³-hybridized carbons (Fsp3) is 0.133. The summed E-state index contributed by atoms with van der Waals surface area (Å²) in [5.41, 5.74) is 2.31. The predicted octanol–water partition coefficient (Wildman–Crippen LogP) is 3.63. The van der Waals surface area contributed by atoms with Gasteiger partial charge in [-0.15, -0.1) is 0 Å². The van der Waals surface area contributed by atoms with E-state index in [0.29, 0.717) is 17.3 Å². The highest BCUT2D eigenvalue weighted by Crippen LogP contribution is 2.26. The molecule has 6 heteroatoms. The van der Waals surface area contributed by atoms with E-state index in [4.69, 9.17) is 11.6 Å². The van der Waals surface area contributed by atoms with Crippen molar-refractivity contribution < 1.29 is 4.79 Å². The fourth-order valence-electron chi connectivity index (χ4n) is 2.01. The zero-order valence-electron chi connectivity index (χ0n) is 11.4. The number of amides is 1. The number of carbonyl (C=O) groups excluding carboxylic acids is 1. The molecule has 106 valence electrons. The highest BCUT2D eigenvalue weighted by molar-refractivity contribution is 6.35. The van der Waals surface area contributed by atoms with E-state index < -0.39 is 0 Å². The fourth-order valence-corrected chi connectivity index (χ4v) is 2.21. The van der Waals surface area contributed by atoms with Gasteiger partial charge >= 0.3 is 0 Å². The molecule has 2 N–H and O–H groups in total. The maximum atomic E-state index is 11.4. The van der Waals surface area contributed by atoms with Gasteiger partial charge in [-0.3, -0.25) is 4.79 Å². The third-order valence-electron chi connectivity index (χ3n) is 3.11. The Morgan fingerprint density at radius 2 is 2.29 bits per heavy atom. The van der Waals surface area contributed by atoms with Crippen LogP contribution < -0.4 is 5.32 Å². The zero-order chi connectivity index (χ0) is 14.8. The van der Waals surface area contributed by atoms with Gasteiger partial charge in [0.05, 0.1) is 10.7 Å². The maximum absolute atomic E-state index is 11.4. The summed E-state index contributed by atoms with van der Waals surface area (Å²) in [5, 5.41) is 4.21. The van der Waals surface area contributed by atoms with E-state index in [0.717, 1.165) is 22.3 Å². The van der Waals surface area contributed by atoms with Crippen molar-refractivity contribution in [2.45, 2.75) is 13.3 Å². The number of aromatic nitrogens is 3. The van der Waals surface area contributed by atoms with Crippen LogP contribution in [0.15, 0.2) is 36.7 Å². The summed E-state index contributed by atoms with van der Waals surface area (Å²) in [5.74, 6) is 0.460. The summed E-state index contributed by atoms with van der Waals surface area (Å²) < 4.78 is 0. The lowest BCUT2D eigenvalue weighted by atomic mass is 10.1. The van der Waals surface area contributed by atoms with Crippen molar-refractivity contribution in [3.05, 3.63) is 41.7 Å². The molecule has 0 spiro atoms. The minimum Gasteiger partial charge on any atom is -0.345 e. The molecule has 3 heterocycles. The molecule has 0 atom stereocenters. The number of hydrogen-bond acceptors (Lipinski definition) is 3. The SMILES string of the molecule is CCC(=O)Nc1cccc(-c2cnc3[nH]cc(Cl)c3c2)n1. The van der Waals surface area contributed by atoms with E-state index in [2.05, 4.69) is 20.3 Å². The Kier molecular flexibility index (Phi) is 3.58. The average Bonchev–Trinajstić information content (AvgIpc) is 2.88. The Labute approximate surface area is 126 Å². The van der Waals surface area contributed by atoms with Crippen LogP contribution in [0.25, 0.3) is 22.3 Å². The van der Waals surface area contributed by atoms with E-state index in [-0.39, 0.29) is 5.91 Å². The molecule has 0 aliphatic rings. The van der Waals surface area contributed by atoms with Gasteiger partial charge in [0.2, 0.25) is 5.91 Å². The summed E-state index contributed by atoms with van der Waals surface area (Å²) in [4.78, 5) is 23.2. The monoisotopic (exact) mass is 300 g/mol. The van der Waals surface area contributed by atoms with Crippen LogP contribution in [0.3, 0.4) is 0 Å². The number of H-pyrrole nitrogens is 1. The minimum atomic E-state index is -0.0677. The first-order valence-electron chi connectivity index (χ1n) is 6.57. The summed E-state index contributed by atoms with van der Waals surface area (Å²) in [6, 6.07) is 7.39. The summed E-state index contributed by atoms with van der Waals surface area (Å²) in [7, 11) is 0. The number of pyridine rings is 2. The van der Waals surface area contributed by atoms with Crippen molar-refractivity contribution in [2.24, 2.45) is 0 Å². The number of carbonyl (C=O) groups is 1. The summed E-state index contributed by atoms with van der Waals surface area (Å²) >= 11 is 6.10. The molecule has 0 bridgehead atoms. The molecule has 0 radical (unpaired) electrons. The first-order chi connectivity index (χ1) is 10.2. The molecule has 0 fully saturated rings. The van der Waals surface area contributed by atoms with Crippen LogP contribution in [0.4, 0.5) is 5.82 Å². The molecule has 0 aromatic carbocycles. The van der Waals surface area contributed by atoms with Crippen LogP contribution in [-0.4, -0.2) is 20.9 Å². The van der Waals surface area contributed by atoms with Crippen molar-refractivity contribution in [2.75, 3.05) is 5.32 Å². The van der Waals surface area contributed by atoms with Gasteiger partial charge in [-0.2, -0.15) is 0 Å². The Morgan fingerprint density at radius 3 is 3.10 bits per heavy atom. The molecule has 3 aromatic heterocycles. The second kappa shape index (κ2) is 5.54. The molecular formula is C15H13ClN4O. The topological polar surface area (TPSA) is 70.7 Å². The van der Waals surface area contributed by atoms with Crippen molar-refractivity contribution in [3.63, 3.8) is 0 Å². The highest BCUT2D eigenvalue weighted by atomic mass is 35.5. The Bertz CT molecular complexity index is 812. The number of anilines is 1. The van der Waals surface area contributed by atoms with Crippen LogP contribution >= 0.6 is 11.6 Å². The van der Waals surface area contributed by atoms with Gasteiger partial charge in [0.25, 0.3) is 0 Å². The molecule has 5 nitrogen and oxygen atoms in total. The predicted molar refractivity (Wildman–Crippen MR) is 83.3 cm³/mol. The van der Waals surface area contributed by atoms with Gasteiger partial charge < -0.3 is 10.3 Å². The second-order valence-corrected chi connectivity index (χ2v) is 4.97. The van der Waals surface area contributed by atoms with E-state index in [1.165, 1.54) is 0 Å². The molecule has 0 aliphatic heterocycles. The van der Waals surface area contributed by atoms with Crippen LogP contribution in [-0.2, 0) is 4.79 Å². The standard InChI is InChI=1S/C15H13ClN4O/c1-2-14(21)20-13-5-3-4-12(19-13)9-6-10-11(16)8-18-15(10)17-7-9/h3-8H,2H2,1H3,(H,17,18)(H,19,20,21). The average molecular weight is 301 g/mol.